The van der Waals surface area contributed by atoms with E-state index in [1.54, 1.807) is 11.3 Å². The molecule has 17 heavy (non-hydrogen) atoms. The van der Waals surface area contributed by atoms with Crippen LogP contribution in [0.4, 0.5) is 11.6 Å². The average Bonchev–Trinajstić information content (AvgIpc) is 2.70. The maximum atomic E-state index is 5.71. The second-order valence-electron chi connectivity index (χ2n) is 3.77. The third-order valence-electron chi connectivity index (χ3n) is 2.46. The van der Waals surface area contributed by atoms with E-state index in [1.165, 1.54) is 6.33 Å². The second kappa shape index (κ2) is 5.09. The van der Waals surface area contributed by atoms with Gasteiger partial charge in [-0.1, -0.05) is 0 Å². The van der Waals surface area contributed by atoms with Gasteiger partial charge in [-0.25, -0.2) is 15.0 Å². The number of hydrogen-bond donors (Lipinski definition) is 2. The molecule has 3 N–H and O–H groups in total. The number of nitrogens with one attached hydrogen (secondary N) is 1. The zero-order chi connectivity index (χ0) is 12.3. The third kappa shape index (κ3) is 2.91. The molecule has 2 aromatic rings. The highest BCUT2D eigenvalue weighted by molar-refractivity contribution is 7.09. The van der Waals surface area contributed by atoms with Gasteiger partial charge in [-0.2, -0.15) is 0 Å². The quantitative estimate of drug-likeness (QED) is 0.863. The Bertz CT molecular complexity index is 508. The predicted molar refractivity (Wildman–Crippen MR) is 70.2 cm³/mol. The van der Waals surface area contributed by atoms with E-state index in [9.17, 15) is 0 Å². The van der Waals surface area contributed by atoms with Crippen molar-refractivity contribution in [3.05, 3.63) is 28.0 Å². The topological polar surface area (TPSA) is 76.7 Å². The molecule has 6 heteroatoms. The van der Waals surface area contributed by atoms with Gasteiger partial charge in [0, 0.05) is 23.9 Å². The lowest BCUT2D eigenvalue weighted by molar-refractivity contribution is 0.953. The molecule has 0 aliphatic rings. The van der Waals surface area contributed by atoms with E-state index in [4.69, 9.17) is 5.73 Å². The molecule has 90 valence electrons. The van der Waals surface area contributed by atoms with Gasteiger partial charge in [0.1, 0.15) is 18.0 Å². The number of nitrogens with zero attached hydrogens (tertiary/aromatic N) is 3. The Morgan fingerprint density at radius 3 is 2.88 bits per heavy atom. The van der Waals surface area contributed by atoms with Crippen molar-refractivity contribution in [3.63, 3.8) is 0 Å². The van der Waals surface area contributed by atoms with E-state index in [-0.39, 0.29) is 0 Å². The summed E-state index contributed by atoms with van der Waals surface area (Å²) in [5.41, 5.74) is 7.71. The molecule has 0 aliphatic heterocycles. The number of nitrogen functional groups attached to an aromatic ring is 1. The maximum absolute atomic E-state index is 5.71. The zero-order valence-corrected chi connectivity index (χ0v) is 10.7. The number of rotatable bonds is 4. The monoisotopic (exact) mass is 249 g/mol. The first-order valence-electron chi connectivity index (χ1n) is 5.39. The molecule has 0 unspecified atom stereocenters. The van der Waals surface area contributed by atoms with Crippen molar-refractivity contribution in [1.29, 1.82) is 0 Å². The van der Waals surface area contributed by atoms with Gasteiger partial charge in [0.05, 0.1) is 10.7 Å². The molecule has 0 aliphatic carbocycles. The van der Waals surface area contributed by atoms with Crippen LogP contribution in [0.3, 0.4) is 0 Å². The summed E-state index contributed by atoms with van der Waals surface area (Å²) in [7, 11) is 0. The Hall–Kier alpha value is -1.69. The number of aromatic nitrogens is 3. The first kappa shape index (κ1) is 11.8. The molecule has 0 bridgehead atoms. The second-order valence-corrected chi connectivity index (χ2v) is 4.83. The Balaban J connectivity index is 1.92. The van der Waals surface area contributed by atoms with Gasteiger partial charge in [0.2, 0.25) is 0 Å². The molecule has 0 aromatic carbocycles. The van der Waals surface area contributed by atoms with Crippen molar-refractivity contribution in [1.82, 2.24) is 15.0 Å². The zero-order valence-electron chi connectivity index (χ0n) is 9.90. The van der Waals surface area contributed by atoms with Gasteiger partial charge in [0.25, 0.3) is 0 Å². The molecule has 0 saturated heterocycles. The Labute approximate surface area is 104 Å². The smallest absolute Gasteiger partial charge is 0.134 e. The fraction of sp³-hybridized carbons (Fsp3) is 0.364. The highest BCUT2D eigenvalue weighted by Gasteiger charge is 2.04. The maximum Gasteiger partial charge on any atom is 0.134 e. The van der Waals surface area contributed by atoms with Crippen molar-refractivity contribution in [3.8, 4) is 0 Å². The number of nitrogens with two attached hydrogens (primary N) is 1. The van der Waals surface area contributed by atoms with Crippen LogP contribution in [-0.2, 0) is 6.42 Å². The van der Waals surface area contributed by atoms with Crippen LogP contribution in [0.15, 0.2) is 11.7 Å². The molecule has 0 radical (unpaired) electrons. The molecule has 2 heterocycles. The van der Waals surface area contributed by atoms with Crippen LogP contribution in [0.1, 0.15) is 16.3 Å². The number of hydrogen-bond acceptors (Lipinski definition) is 6. The molecule has 0 spiro atoms. The van der Waals surface area contributed by atoms with E-state index >= 15 is 0 Å². The van der Waals surface area contributed by atoms with E-state index in [0.29, 0.717) is 5.82 Å². The third-order valence-corrected chi connectivity index (χ3v) is 3.29. The first-order valence-corrected chi connectivity index (χ1v) is 6.26. The lowest BCUT2D eigenvalue weighted by Crippen LogP contribution is -2.09. The van der Waals surface area contributed by atoms with E-state index in [1.807, 2.05) is 13.8 Å². The average molecular weight is 249 g/mol. The molecule has 0 fully saturated rings. The largest absolute Gasteiger partial charge is 0.383 e. The Morgan fingerprint density at radius 2 is 2.18 bits per heavy atom. The Kier molecular flexibility index (Phi) is 3.53. The highest BCUT2D eigenvalue weighted by Crippen LogP contribution is 2.15. The lowest BCUT2D eigenvalue weighted by atomic mass is 10.3. The van der Waals surface area contributed by atoms with Gasteiger partial charge < -0.3 is 11.1 Å². The summed E-state index contributed by atoms with van der Waals surface area (Å²) in [5, 5.41) is 6.43. The van der Waals surface area contributed by atoms with Crippen molar-refractivity contribution >= 4 is 23.0 Å². The molecular formula is C11H15N5S. The summed E-state index contributed by atoms with van der Waals surface area (Å²) in [5.74, 6) is 1.32. The normalized spacial score (nSPS) is 10.5. The van der Waals surface area contributed by atoms with Crippen molar-refractivity contribution in [2.24, 2.45) is 0 Å². The first-order chi connectivity index (χ1) is 8.16. The molecular weight excluding hydrogens is 234 g/mol. The molecule has 0 amide bonds. The fourth-order valence-corrected chi connectivity index (χ4v) is 2.12. The van der Waals surface area contributed by atoms with Crippen LogP contribution < -0.4 is 11.1 Å². The van der Waals surface area contributed by atoms with Crippen LogP contribution in [-0.4, -0.2) is 21.5 Å². The minimum Gasteiger partial charge on any atom is -0.383 e. The summed E-state index contributed by atoms with van der Waals surface area (Å²) in [6, 6.07) is 0. The summed E-state index contributed by atoms with van der Waals surface area (Å²) < 4.78 is 0. The van der Waals surface area contributed by atoms with Crippen molar-refractivity contribution < 1.29 is 0 Å². The summed E-state index contributed by atoms with van der Waals surface area (Å²) >= 11 is 1.67. The minimum atomic E-state index is 0.520. The van der Waals surface area contributed by atoms with Gasteiger partial charge >= 0.3 is 0 Å². The van der Waals surface area contributed by atoms with Crippen molar-refractivity contribution in [2.75, 3.05) is 17.6 Å². The minimum absolute atomic E-state index is 0.520. The molecule has 0 saturated carbocycles. The standard InChI is InChI=1S/C11H15N5S/c1-7-10(12)14-6-15-11(7)13-4-3-9-5-17-8(2)16-9/h5-6H,3-4H2,1-2H3,(H3,12,13,14,15). The van der Waals surface area contributed by atoms with E-state index in [2.05, 4.69) is 25.6 Å². The molecule has 5 nitrogen and oxygen atoms in total. The molecule has 0 atom stereocenters. The van der Waals surface area contributed by atoms with Crippen LogP contribution in [0.25, 0.3) is 0 Å². The summed E-state index contributed by atoms with van der Waals surface area (Å²) in [6.07, 6.45) is 2.35. The van der Waals surface area contributed by atoms with Crippen LogP contribution in [0.5, 0.6) is 0 Å². The van der Waals surface area contributed by atoms with E-state index < -0.39 is 0 Å². The highest BCUT2D eigenvalue weighted by atomic mass is 32.1. The molecule has 2 rings (SSSR count). The lowest BCUT2D eigenvalue weighted by Gasteiger charge is -2.08. The van der Waals surface area contributed by atoms with Crippen LogP contribution in [0, 0.1) is 13.8 Å². The fourth-order valence-electron chi connectivity index (χ4n) is 1.47. The Morgan fingerprint density at radius 1 is 1.35 bits per heavy atom. The number of aryl methyl sites for hydroxylation is 1. The summed E-state index contributed by atoms with van der Waals surface area (Å²) in [4.78, 5) is 12.5. The van der Waals surface area contributed by atoms with Gasteiger partial charge in [-0.3, -0.25) is 0 Å². The van der Waals surface area contributed by atoms with Gasteiger partial charge in [-0.05, 0) is 13.8 Å². The summed E-state index contributed by atoms with van der Waals surface area (Å²) in [6.45, 7) is 4.71. The predicted octanol–water partition coefficient (Wildman–Crippen LogP) is 1.79. The molecule has 2 aromatic heterocycles. The van der Waals surface area contributed by atoms with Crippen molar-refractivity contribution in [2.45, 2.75) is 20.3 Å². The SMILES string of the molecule is Cc1nc(CCNc2ncnc(N)c2C)cs1. The van der Waals surface area contributed by atoms with Gasteiger partial charge in [-0.15, -0.1) is 11.3 Å². The van der Waals surface area contributed by atoms with E-state index in [0.717, 1.165) is 35.0 Å². The van der Waals surface area contributed by atoms with Crippen LogP contribution >= 0.6 is 11.3 Å². The van der Waals surface area contributed by atoms with Gasteiger partial charge in [0.15, 0.2) is 0 Å². The number of anilines is 2. The van der Waals surface area contributed by atoms with Crippen LogP contribution in [0.2, 0.25) is 0 Å². The number of thiazole rings is 1.